The summed E-state index contributed by atoms with van der Waals surface area (Å²) in [5, 5.41) is 4.58. The summed E-state index contributed by atoms with van der Waals surface area (Å²) < 4.78 is 4.21. The van der Waals surface area contributed by atoms with Crippen molar-refractivity contribution in [3.05, 3.63) is 5.82 Å². The van der Waals surface area contributed by atoms with E-state index in [4.69, 9.17) is 0 Å². The van der Waals surface area contributed by atoms with Gasteiger partial charge in [-0.1, -0.05) is 0 Å². The van der Waals surface area contributed by atoms with Gasteiger partial charge in [0.1, 0.15) is 5.82 Å². The second-order valence-corrected chi connectivity index (χ2v) is 4.50. The number of fused-ring (bicyclic) bond motifs is 2. The van der Waals surface area contributed by atoms with E-state index in [1.807, 2.05) is 6.92 Å². The number of rotatable bonds is 1. The van der Waals surface area contributed by atoms with Crippen LogP contribution in [0.15, 0.2) is 0 Å². The molecule has 3 rings (SSSR count). The molecule has 1 aromatic rings. The molecule has 2 atom stereocenters. The third kappa shape index (κ3) is 1.14. The van der Waals surface area contributed by atoms with Crippen molar-refractivity contribution in [3.8, 4) is 0 Å². The Kier molecular flexibility index (Phi) is 1.57. The fraction of sp³-hybridized carbons (Fsp3) is 0.750. The molecule has 1 aromatic heterocycles. The van der Waals surface area contributed by atoms with Gasteiger partial charge in [-0.05, 0) is 13.3 Å². The predicted molar refractivity (Wildman–Crippen MR) is 52.2 cm³/mol. The molecule has 5 heteroatoms. The zero-order chi connectivity index (χ0) is 8.84. The Hall–Kier alpha value is -0.680. The molecule has 0 spiro atoms. The lowest BCUT2D eigenvalue weighted by atomic mass is 10.2. The van der Waals surface area contributed by atoms with Crippen molar-refractivity contribution in [2.45, 2.75) is 25.4 Å². The van der Waals surface area contributed by atoms with Gasteiger partial charge in [-0.15, -0.1) is 0 Å². The van der Waals surface area contributed by atoms with Crippen molar-refractivity contribution in [3.63, 3.8) is 0 Å². The molecule has 0 aromatic carbocycles. The average Bonchev–Trinajstić information content (AvgIpc) is 2.77. The van der Waals surface area contributed by atoms with Crippen molar-refractivity contribution in [1.29, 1.82) is 0 Å². The zero-order valence-electron chi connectivity index (χ0n) is 7.53. The highest BCUT2D eigenvalue weighted by Crippen LogP contribution is 2.30. The number of anilines is 1. The molecule has 70 valence electrons. The van der Waals surface area contributed by atoms with Crippen LogP contribution in [0.1, 0.15) is 12.2 Å². The Morgan fingerprint density at radius 1 is 1.62 bits per heavy atom. The van der Waals surface area contributed by atoms with Crippen molar-refractivity contribution in [2.75, 3.05) is 18.0 Å². The van der Waals surface area contributed by atoms with E-state index >= 15 is 0 Å². The smallest absolute Gasteiger partial charge is 0.205 e. The molecule has 0 amide bonds. The number of hydrogen-bond acceptors (Lipinski definition) is 5. The van der Waals surface area contributed by atoms with Gasteiger partial charge in [0.25, 0.3) is 0 Å². The van der Waals surface area contributed by atoms with Crippen LogP contribution in [-0.4, -0.2) is 34.5 Å². The minimum absolute atomic E-state index is 0.664. The molecule has 2 bridgehead atoms. The lowest BCUT2D eigenvalue weighted by Gasteiger charge is -2.26. The largest absolute Gasteiger partial charge is 0.341 e. The zero-order valence-corrected chi connectivity index (χ0v) is 8.34. The first kappa shape index (κ1) is 7.70. The van der Waals surface area contributed by atoms with Gasteiger partial charge >= 0.3 is 0 Å². The van der Waals surface area contributed by atoms with E-state index in [0.29, 0.717) is 12.1 Å². The van der Waals surface area contributed by atoms with Crippen LogP contribution in [0.5, 0.6) is 0 Å². The summed E-state index contributed by atoms with van der Waals surface area (Å²) in [5.74, 6) is 0.899. The maximum Gasteiger partial charge on any atom is 0.205 e. The number of piperazine rings is 1. The van der Waals surface area contributed by atoms with Crippen molar-refractivity contribution in [1.82, 2.24) is 14.7 Å². The van der Waals surface area contributed by atoms with E-state index in [1.54, 1.807) is 0 Å². The SMILES string of the molecule is Cc1nsc(N2CC3C[C@H]2CN3)n1. The summed E-state index contributed by atoms with van der Waals surface area (Å²) in [7, 11) is 0. The van der Waals surface area contributed by atoms with E-state index in [9.17, 15) is 0 Å². The molecule has 2 aliphatic heterocycles. The highest BCUT2D eigenvalue weighted by molar-refractivity contribution is 7.09. The van der Waals surface area contributed by atoms with E-state index in [0.717, 1.165) is 24.0 Å². The topological polar surface area (TPSA) is 41.1 Å². The van der Waals surface area contributed by atoms with Crippen LogP contribution < -0.4 is 10.2 Å². The van der Waals surface area contributed by atoms with Crippen LogP contribution in [0.2, 0.25) is 0 Å². The minimum atomic E-state index is 0.664. The van der Waals surface area contributed by atoms with Gasteiger partial charge in [0.15, 0.2) is 0 Å². The lowest BCUT2D eigenvalue weighted by Crippen LogP contribution is -2.43. The van der Waals surface area contributed by atoms with Crippen LogP contribution in [0.25, 0.3) is 0 Å². The molecule has 1 N–H and O–H groups in total. The average molecular weight is 196 g/mol. The van der Waals surface area contributed by atoms with E-state index < -0.39 is 0 Å². The first-order chi connectivity index (χ1) is 6.33. The fourth-order valence-corrected chi connectivity index (χ4v) is 2.95. The minimum Gasteiger partial charge on any atom is -0.341 e. The predicted octanol–water partition coefficient (Wildman–Crippen LogP) is 0.397. The summed E-state index contributed by atoms with van der Waals surface area (Å²) in [5.41, 5.74) is 0. The normalized spacial score (nSPS) is 31.6. The quantitative estimate of drug-likeness (QED) is 0.706. The van der Waals surface area contributed by atoms with Crippen molar-refractivity contribution < 1.29 is 0 Å². The lowest BCUT2D eigenvalue weighted by molar-refractivity contribution is 0.579. The molecule has 4 nitrogen and oxygen atoms in total. The summed E-state index contributed by atoms with van der Waals surface area (Å²) in [6, 6.07) is 1.35. The second-order valence-electron chi connectivity index (χ2n) is 3.77. The van der Waals surface area contributed by atoms with Gasteiger partial charge in [0.2, 0.25) is 5.13 Å². The van der Waals surface area contributed by atoms with Gasteiger partial charge in [0, 0.05) is 36.7 Å². The molecule has 2 saturated heterocycles. The number of nitrogens with one attached hydrogen (secondary N) is 1. The number of hydrogen-bond donors (Lipinski definition) is 1. The summed E-state index contributed by atoms with van der Waals surface area (Å²) in [6.07, 6.45) is 1.28. The molecule has 2 aliphatic rings. The first-order valence-corrected chi connectivity index (χ1v) is 5.40. The van der Waals surface area contributed by atoms with Crippen LogP contribution in [0.4, 0.5) is 5.13 Å². The molecular formula is C8H12N4S. The summed E-state index contributed by atoms with van der Waals surface area (Å²) in [4.78, 5) is 6.81. The Balaban J connectivity index is 1.87. The molecular weight excluding hydrogens is 184 g/mol. The molecule has 0 radical (unpaired) electrons. The van der Waals surface area contributed by atoms with Gasteiger partial charge in [-0.3, -0.25) is 0 Å². The van der Waals surface area contributed by atoms with Crippen LogP contribution in [-0.2, 0) is 0 Å². The highest BCUT2D eigenvalue weighted by Gasteiger charge is 2.38. The third-order valence-corrected chi connectivity index (χ3v) is 3.66. The third-order valence-electron chi connectivity index (χ3n) is 2.82. The summed E-state index contributed by atoms with van der Waals surface area (Å²) >= 11 is 1.52. The van der Waals surface area contributed by atoms with E-state index in [1.165, 1.54) is 18.0 Å². The highest BCUT2D eigenvalue weighted by atomic mass is 32.1. The van der Waals surface area contributed by atoms with Crippen LogP contribution in [0.3, 0.4) is 0 Å². The van der Waals surface area contributed by atoms with E-state index in [-0.39, 0.29) is 0 Å². The van der Waals surface area contributed by atoms with Gasteiger partial charge < -0.3 is 10.2 Å². The number of aromatic nitrogens is 2. The first-order valence-electron chi connectivity index (χ1n) is 4.63. The van der Waals surface area contributed by atoms with Crippen LogP contribution >= 0.6 is 11.5 Å². The van der Waals surface area contributed by atoms with Crippen molar-refractivity contribution in [2.24, 2.45) is 0 Å². The van der Waals surface area contributed by atoms with Crippen molar-refractivity contribution >= 4 is 16.7 Å². The number of nitrogens with zero attached hydrogens (tertiary/aromatic N) is 3. The molecule has 0 saturated carbocycles. The molecule has 3 heterocycles. The molecule has 2 fully saturated rings. The van der Waals surface area contributed by atoms with Gasteiger partial charge in [-0.2, -0.15) is 4.37 Å². The Labute approximate surface area is 81.1 Å². The van der Waals surface area contributed by atoms with Crippen LogP contribution in [0, 0.1) is 6.92 Å². The molecule has 13 heavy (non-hydrogen) atoms. The maximum absolute atomic E-state index is 4.42. The monoisotopic (exact) mass is 196 g/mol. The van der Waals surface area contributed by atoms with E-state index in [2.05, 4.69) is 19.6 Å². The second kappa shape index (κ2) is 2.65. The standard InChI is InChI=1S/C8H12N4S/c1-5-10-8(13-11-5)12-4-6-2-7(12)3-9-6/h6-7,9H,2-4H2,1H3/t6?,7-/m0/s1. The maximum atomic E-state index is 4.42. The summed E-state index contributed by atoms with van der Waals surface area (Å²) in [6.45, 7) is 4.18. The Morgan fingerprint density at radius 3 is 3.08 bits per heavy atom. The molecule has 0 aliphatic carbocycles. The Morgan fingerprint density at radius 2 is 2.54 bits per heavy atom. The fourth-order valence-electron chi connectivity index (χ4n) is 2.20. The molecule has 1 unspecified atom stereocenters. The van der Waals surface area contributed by atoms with Gasteiger partial charge in [-0.25, -0.2) is 4.98 Å². The Bertz CT molecular complexity index is 324. The van der Waals surface area contributed by atoms with Gasteiger partial charge in [0.05, 0.1) is 0 Å². The number of aryl methyl sites for hydroxylation is 1.